The molecule has 0 amide bonds. The molecule has 14 aromatic rings. The van der Waals surface area contributed by atoms with Gasteiger partial charge < -0.3 is 14.4 Å². The van der Waals surface area contributed by atoms with Gasteiger partial charge in [0, 0.05) is 50.6 Å². The Bertz CT molecular complexity index is 4860. The maximum atomic E-state index is 9.63. The third-order valence-electron chi connectivity index (χ3n) is 16.4. The molecule has 1 heterocycles. The fourth-order valence-corrected chi connectivity index (χ4v) is 13.0. The monoisotopic (exact) mass is 995 g/mol. The number of para-hydroxylation sites is 3. The molecular formula is C75H49N3. The van der Waals surface area contributed by atoms with Gasteiger partial charge in [0.1, 0.15) is 0 Å². The Morgan fingerprint density at radius 1 is 0.282 bits per heavy atom. The Kier molecular flexibility index (Phi) is 8.97. The van der Waals surface area contributed by atoms with Crippen molar-refractivity contribution in [3.8, 4) is 39.1 Å². The fraction of sp³-hybridized carbons (Fsp3) is 0.0133. The summed E-state index contributed by atoms with van der Waals surface area (Å²) in [5.74, 6) is 0. The Hall–Kier alpha value is -10.2. The minimum absolute atomic E-state index is 0.104. The number of nitrogens with zero attached hydrogens (tertiary/aromatic N) is 3. The van der Waals surface area contributed by atoms with Crippen LogP contribution in [0.15, 0.2) is 297 Å². The van der Waals surface area contributed by atoms with E-state index in [9.17, 15) is 5.48 Å². The smallest absolute Gasteiger partial charge is 0.0726 e. The van der Waals surface area contributed by atoms with E-state index in [1.165, 1.54) is 49.9 Å². The van der Waals surface area contributed by atoms with E-state index in [0.717, 1.165) is 72.1 Å². The maximum absolute atomic E-state index is 9.63. The second-order valence-corrected chi connectivity index (χ2v) is 20.5. The molecule has 1 aromatic heterocycles. The van der Waals surface area contributed by atoms with E-state index in [1.54, 1.807) is 0 Å². The molecule has 2 aliphatic rings. The first kappa shape index (κ1) is 40.1. The van der Waals surface area contributed by atoms with Crippen molar-refractivity contribution in [3.05, 3.63) is 319 Å². The van der Waals surface area contributed by atoms with Crippen molar-refractivity contribution in [1.29, 1.82) is 0 Å². The van der Waals surface area contributed by atoms with Crippen molar-refractivity contribution < 1.29 is 5.48 Å². The molecule has 0 aliphatic heterocycles. The van der Waals surface area contributed by atoms with Gasteiger partial charge in [-0.05, 0) is 180 Å². The molecule has 0 fully saturated rings. The van der Waals surface area contributed by atoms with Gasteiger partial charge in [-0.3, -0.25) is 0 Å². The van der Waals surface area contributed by atoms with Crippen LogP contribution in [0.1, 0.15) is 27.7 Å². The van der Waals surface area contributed by atoms with Crippen molar-refractivity contribution >= 4 is 77.5 Å². The highest BCUT2D eigenvalue weighted by Crippen LogP contribution is 2.63. The largest absolute Gasteiger partial charge is 0.310 e. The Morgan fingerprint density at radius 2 is 0.756 bits per heavy atom. The number of hydrogen-bond acceptors (Lipinski definition) is 2. The summed E-state index contributed by atoms with van der Waals surface area (Å²) in [6.45, 7) is 0. The van der Waals surface area contributed by atoms with Crippen LogP contribution in [0, 0.1) is 0 Å². The first-order valence-corrected chi connectivity index (χ1v) is 26.7. The Morgan fingerprint density at radius 3 is 1.46 bits per heavy atom. The summed E-state index contributed by atoms with van der Waals surface area (Å²) in [5, 5.41) is 6.27. The third-order valence-corrected chi connectivity index (χ3v) is 16.4. The van der Waals surface area contributed by atoms with Crippen molar-refractivity contribution in [3.63, 3.8) is 0 Å². The third kappa shape index (κ3) is 6.65. The van der Waals surface area contributed by atoms with Crippen LogP contribution in [0.2, 0.25) is 0 Å². The van der Waals surface area contributed by atoms with E-state index in [4.69, 9.17) is 0 Å². The van der Waals surface area contributed by atoms with Crippen LogP contribution in [0.4, 0.5) is 34.1 Å². The first-order chi connectivity index (χ1) is 40.3. The van der Waals surface area contributed by atoms with Crippen LogP contribution in [-0.4, -0.2) is 4.57 Å². The summed E-state index contributed by atoms with van der Waals surface area (Å²) in [4.78, 5) is 4.23. The topological polar surface area (TPSA) is 11.4 Å². The van der Waals surface area contributed by atoms with Crippen LogP contribution < -0.4 is 9.80 Å². The average molecular weight is 996 g/mol. The average Bonchev–Trinajstić information content (AvgIpc) is 4.26. The standard InChI is InChI=1S/C75H49N3/c1-3-19-56(20-4-1)76(59-39-35-50-17-7-8-18-52(50)46-59)58-37-33-51(34-38-58)53-31-32-55-47-60(40-36-54(55)45-53)77(61-42-44-74-68(48-61)67-26-12-16-30-73(67)78(74)57-21-5-2-6-22-57)62-41-43-66-65-25-11-15-29-71(65)75(72(66)49-62)69-27-13-9-23-63(69)64-24-10-14-28-70(64)75/h1-49H/i33D,34D,37D,38D. The highest BCUT2D eigenvalue weighted by molar-refractivity contribution is 6.11. The summed E-state index contributed by atoms with van der Waals surface area (Å²) in [7, 11) is 0. The second kappa shape index (κ2) is 17.4. The van der Waals surface area contributed by atoms with E-state index < -0.39 is 5.41 Å². The lowest BCUT2D eigenvalue weighted by Crippen LogP contribution is -2.26. The number of anilines is 6. The lowest BCUT2D eigenvalue weighted by molar-refractivity contribution is 0.793. The second-order valence-electron chi connectivity index (χ2n) is 20.5. The molecular weight excluding hydrogens is 943 g/mol. The number of fused-ring (bicyclic) bond motifs is 15. The fourth-order valence-electron chi connectivity index (χ4n) is 13.0. The highest BCUT2D eigenvalue weighted by atomic mass is 15.1. The molecule has 16 rings (SSSR count). The minimum atomic E-state index is -0.534. The number of hydrogen-bond donors (Lipinski definition) is 0. The number of rotatable bonds is 8. The van der Waals surface area contributed by atoms with Crippen LogP contribution in [-0.2, 0) is 5.41 Å². The summed E-state index contributed by atoms with van der Waals surface area (Å²) < 4.78 is 40.8. The molecule has 13 aromatic carbocycles. The zero-order valence-electron chi connectivity index (χ0n) is 46.3. The molecule has 0 unspecified atom stereocenters. The Labute approximate surface area is 459 Å². The van der Waals surface area contributed by atoms with Gasteiger partial charge in [-0.2, -0.15) is 0 Å². The van der Waals surface area contributed by atoms with Gasteiger partial charge in [0.05, 0.1) is 21.9 Å². The number of aromatic nitrogens is 1. The van der Waals surface area contributed by atoms with Crippen LogP contribution >= 0.6 is 0 Å². The zero-order chi connectivity index (χ0) is 54.8. The normalized spacial score (nSPS) is 13.4. The highest BCUT2D eigenvalue weighted by Gasteiger charge is 2.51. The molecule has 0 saturated heterocycles. The molecule has 78 heavy (non-hydrogen) atoms. The lowest BCUT2D eigenvalue weighted by atomic mass is 9.70. The first-order valence-electron chi connectivity index (χ1n) is 28.7. The summed E-state index contributed by atoms with van der Waals surface area (Å²) in [6.07, 6.45) is 0. The van der Waals surface area contributed by atoms with E-state index in [-0.39, 0.29) is 35.4 Å². The predicted molar refractivity (Wildman–Crippen MR) is 327 cm³/mol. The molecule has 0 saturated carbocycles. The van der Waals surface area contributed by atoms with Crippen molar-refractivity contribution in [2.24, 2.45) is 0 Å². The Balaban J connectivity index is 0.865. The molecule has 0 atom stereocenters. The molecule has 0 radical (unpaired) electrons. The van der Waals surface area contributed by atoms with Gasteiger partial charge in [-0.25, -0.2) is 0 Å². The molecule has 3 nitrogen and oxygen atoms in total. The molecule has 364 valence electrons. The lowest BCUT2D eigenvalue weighted by Gasteiger charge is -2.32. The SMILES string of the molecule is [2H]c1c([2H])c(N(c2ccccc2)c2ccc3ccccc3c2)c([2H])c([2H])c1-c1ccc2cc(N(c3ccc4c(c3)C3(c5ccccc5-c5ccccc53)c3ccccc3-4)c3ccc4c(c3)c3ccccc3n4-c3ccccc3)ccc2c1. The molecule has 2 aliphatic carbocycles. The molecule has 0 N–H and O–H groups in total. The maximum Gasteiger partial charge on any atom is 0.0726 e. The summed E-state index contributed by atoms with van der Waals surface area (Å²) in [6, 6.07) is 95.8. The van der Waals surface area contributed by atoms with Gasteiger partial charge in [0.25, 0.3) is 0 Å². The summed E-state index contributed by atoms with van der Waals surface area (Å²) in [5.41, 5.74) is 18.5. The van der Waals surface area contributed by atoms with E-state index in [2.05, 4.69) is 204 Å². The zero-order valence-corrected chi connectivity index (χ0v) is 42.3. The van der Waals surface area contributed by atoms with E-state index in [0.29, 0.717) is 5.56 Å². The summed E-state index contributed by atoms with van der Waals surface area (Å²) >= 11 is 0. The van der Waals surface area contributed by atoms with Crippen LogP contribution in [0.25, 0.3) is 82.4 Å². The van der Waals surface area contributed by atoms with Crippen LogP contribution in [0.3, 0.4) is 0 Å². The molecule has 1 spiro atoms. The van der Waals surface area contributed by atoms with Crippen molar-refractivity contribution in [2.75, 3.05) is 9.80 Å². The van der Waals surface area contributed by atoms with Gasteiger partial charge in [0.2, 0.25) is 0 Å². The number of benzene rings is 13. The van der Waals surface area contributed by atoms with Crippen LogP contribution in [0.5, 0.6) is 0 Å². The van der Waals surface area contributed by atoms with Gasteiger partial charge >= 0.3 is 0 Å². The van der Waals surface area contributed by atoms with E-state index in [1.807, 2.05) is 83.8 Å². The van der Waals surface area contributed by atoms with E-state index >= 15 is 0 Å². The van der Waals surface area contributed by atoms with Gasteiger partial charge in [-0.1, -0.05) is 194 Å². The molecule has 0 bridgehead atoms. The van der Waals surface area contributed by atoms with Crippen molar-refractivity contribution in [1.82, 2.24) is 4.57 Å². The quantitative estimate of drug-likeness (QED) is 0.150. The van der Waals surface area contributed by atoms with Gasteiger partial charge in [-0.15, -0.1) is 0 Å². The minimum Gasteiger partial charge on any atom is -0.310 e. The van der Waals surface area contributed by atoms with Gasteiger partial charge in [0.15, 0.2) is 0 Å². The predicted octanol–water partition coefficient (Wildman–Crippen LogP) is 20.0. The molecule has 3 heteroatoms. The van der Waals surface area contributed by atoms with Crippen molar-refractivity contribution in [2.45, 2.75) is 5.41 Å².